The van der Waals surface area contributed by atoms with Crippen molar-refractivity contribution < 1.29 is 31.1 Å². The number of unbranched alkanes of at least 4 members (excludes halogenated alkanes) is 3. The highest BCUT2D eigenvalue weighted by molar-refractivity contribution is 5.97. The van der Waals surface area contributed by atoms with E-state index in [0.29, 0.717) is 12.0 Å². The summed E-state index contributed by atoms with van der Waals surface area (Å²) in [5.74, 6) is -2.19. The van der Waals surface area contributed by atoms with E-state index in [1.807, 2.05) is 6.92 Å². The van der Waals surface area contributed by atoms with Crippen LogP contribution in [0.2, 0.25) is 0 Å². The first-order chi connectivity index (χ1) is 15.5. The van der Waals surface area contributed by atoms with Crippen molar-refractivity contribution in [3.05, 3.63) is 53.3 Å². The number of hydrogen-bond donors (Lipinski definition) is 3. The highest BCUT2D eigenvalue weighted by atomic mass is 19.4. The van der Waals surface area contributed by atoms with Crippen LogP contribution in [0.1, 0.15) is 50.2 Å². The Hall–Kier alpha value is -2.91. The van der Waals surface area contributed by atoms with Gasteiger partial charge in [0.05, 0.1) is 22.6 Å². The number of rotatable bonds is 11. The first-order valence-corrected chi connectivity index (χ1v) is 10.6. The van der Waals surface area contributed by atoms with Gasteiger partial charge in [0.1, 0.15) is 6.17 Å². The largest absolute Gasteiger partial charge is 0.416 e. The van der Waals surface area contributed by atoms with Gasteiger partial charge in [-0.1, -0.05) is 44.7 Å². The fraction of sp³-hybridized carbons (Fsp3) is 0.435. The molecule has 182 valence electrons. The van der Waals surface area contributed by atoms with Crippen molar-refractivity contribution in [2.45, 2.75) is 64.1 Å². The number of nitrogens with two attached hydrogens (primary N) is 1. The molecule has 0 radical (unpaired) electrons. The zero-order valence-electron chi connectivity index (χ0n) is 18.1. The Morgan fingerprint density at radius 3 is 2.24 bits per heavy atom. The van der Waals surface area contributed by atoms with Gasteiger partial charge in [-0.2, -0.15) is 13.2 Å². The van der Waals surface area contributed by atoms with E-state index in [4.69, 9.17) is 5.73 Å². The standard InChI is InChI=1S/C23H27F6N3O/c1-2-3-4-5-6-16(24)19(25)22(33)32-18-12-11-17(20(26)21(18)30)31-13-14-7-9-15(10-8-14)23(27,28)29/h7-12,16,19,31H,2-6,13,30H2,1H3,(H,32,33)/t16-,19+/m0/s1. The molecule has 10 heteroatoms. The lowest BCUT2D eigenvalue weighted by molar-refractivity contribution is -0.137. The molecule has 0 aliphatic carbocycles. The number of anilines is 3. The Morgan fingerprint density at radius 2 is 1.64 bits per heavy atom. The molecule has 2 aromatic carbocycles. The van der Waals surface area contributed by atoms with Crippen LogP contribution in [0.25, 0.3) is 0 Å². The third-order valence-corrected chi connectivity index (χ3v) is 5.10. The highest BCUT2D eigenvalue weighted by Crippen LogP contribution is 2.31. The third kappa shape index (κ3) is 7.57. The van der Waals surface area contributed by atoms with Gasteiger partial charge in [0.2, 0.25) is 6.17 Å². The summed E-state index contributed by atoms with van der Waals surface area (Å²) in [4.78, 5) is 12.0. The van der Waals surface area contributed by atoms with Gasteiger partial charge in [-0.3, -0.25) is 4.79 Å². The summed E-state index contributed by atoms with van der Waals surface area (Å²) in [5, 5.41) is 4.80. The van der Waals surface area contributed by atoms with Crippen molar-refractivity contribution in [3.63, 3.8) is 0 Å². The first-order valence-electron chi connectivity index (χ1n) is 10.6. The summed E-state index contributed by atoms with van der Waals surface area (Å²) in [5.41, 5.74) is 4.59. The van der Waals surface area contributed by atoms with Crippen LogP contribution in [-0.2, 0) is 17.5 Å². The van der Waals surface area contributed by atoms with Gasteiger partial charge in [0.15, 0.2) is 5.82 Å². The summed E-state index contributed by atoms with van der Waals surface area (Å²) in [6.07, 6.45) is -5.90. The molecule has 2 rings (SSSR count). The molecular formula is C23H27F6N3O. The molecule has 2 aromatic rings. The molecule has 0 fully saturated rings. The normalized spacial score (nSPS) is 13.4. The lowest BCUT2D eigenvalue weighted by Gasteiger charge is -2.16. The molecule has 0 heterocycles. The van der Waals surface area contributed by atoms with Crippen LogP contribution in [0.3, 0.4) is 0 Å². The summed E-state index contributed by atoms with van der Waals surface area (Å²) in [6.45, 7) is 1.99. The Bertz CT molecular complexity index is 918. The van der Waals surface area contributed by atoms with Gasteiger partial charge in [-0.25, -0.2) is 13.2 Å². The summed E-state index contributed by atoms with van der Waals surface area (Å²) >= 11 is 0. The van der Waals surface area contributed by atoms with Gasteiger partial charge in [0, 0.05) is 6.54 Å². The van der Waals surface area contributed by atoms with Crippen LogP contribution in [-0.4, -0.2) is 18.3 Å². The minimum absolute atomic E-state index is 0.00825. The number of nitrogen functional groups attached to an aromatic ring is 1. The van der Waals surface area contributed by atoms with E-state index in [-0.39, 0.29) is 24.3 Å². The fourth-order valence-corrected chi connectivity index (χ4v) is 3.13. The van der Waals surface area contributed by atoms with Crippen LogP contribution in [0.15, 0.2) is 36.4 Å². The maximum Gasteiger partial charge on any atom is 0.416 e. The minimum atomic E-state index is -4.46. The topological polar surface area (TPSA) is 67.2 Å². The van der Waals surface area contributed by atoms with Crippen molar-refractivity contribution in [2.24, 2.45) is 0 Å². The van der Waals surface area contributed by atoms with Crippen molar-refractivity contribution in [1.82, 2.24) is 0 Å². The van der Waals surface area contributed by atoms with Crippen molar-refractivity contribution >= 4 is 23.0 Å². The molecule has 33 heavy (non-hydrogen) atoms. The molecule has 1 amide bonds. The number of carbonyl (C=O) groups excluding carboxylic acids is 1. The van der Waals surface area contributed by atoms with Crippen molar-refractivity contribution in [1.29, 1.82) is 0 Å². The van der Waals surface area contributed by atoms with Gasteiger partial charge >= 0.3 is 6.18 Å². The van der Waals surface area contributed by atoms with E-state index in [0.717, 1.165) is 31.4 Å². The number of alkyl halides is 5. The number of hydrogen-bond acceptors (Lipinski definition) is 3. The second kappa shape index (κ2) is 11.8. The average molecular weight is 475 g/mol. The molecule has 0 aliphatic heterocycles. The summed E-state index contributed by atoms with van der Waals surface area (Å²) in [7, 11) is 0. The van der Waals surface area contributed by atoms with E-state index in [1.54, 1.807) is 0 Å². The molecule has 0 unspecified atom stereocenters. The Kier molecular flexibility index (Phi) is 9.43. The Morgan fingerprint density at radius 1 is 1.00 bits per heavy atom. The van der Waals surface area contributed by atoms with Crippen LogP contribution >= 0.6 is 0 Å². The van der Waals surface area contributed by atoms with E-state index in [9.17, 15) is 31.1 Å². The SMILES string of the molecule is CCCCCC[C@H](F)[C@@H](F)C(=O)Nc1ccc(NCc2ccc(C(F)(F)F)cc2)c(F)c1N. The minimum Gasteiger partial charge on any atom is -0.395 e. The molecule has 0 aromatic heterocycles. The molecule has 0 spiro atoms. The quantitative estimate of drug-likeness (QED) is 0.194. The average Bonchev–Trinajstić information content (AvgIpc) is 2.78. The second-order valence-electron chi connectivity index (χ2n) is 7.69. The number of nitrogens with one attached hydrogen (secondary N) is 2. The van der Waals surface area contributed by atoms with E-state index >= 15 is 0 Å². The number of halogens is 6. The van der Waals surface area contributed by atoms with Gasteiger partial charge in [0.25, 0.3) is 5.91 Å². The predicted octanol–water partition coefficient (Wildman–Crippen LogP) is 6.62. The summed E-state index contributed by atoms with van der Waals surface area (Å²) in [6, 6.07) is 6.79. The number of benzene rings is 2. The smallest absolute Gasteiger partial charge is 0.395 e. The highest BCUT2D eigenvalue weighted by Gasteiger charge is 2.30. The van der Waals surface area contributed by atoms with Crippen LogP contribution in [0.4, 0.5) is 43.4 Å². The molecule has 4 N–H and O–H groups in total. The predicted molar refractivity (Wildman–Crippen MR) is 117 cm³/mol. The monoisotopic (exact) mass is 475 g/mol. The molecule has 0 saturated carbocycles. The first kappa shape index (κ1) is 26.3. The van der Waals surface area contributed by atoms with Crippen LogP contribution in [0, 0.1) is 5.82 Å². The maximum absolute atomic E-state index is 14.6. The van der Waals surface area contributed by atoms with Crippen molar-refractivity contribution in [2.75, 3.05) is 16.4 Å². The molecule has 0 aliphatic rings. The van der Waals surface area contributed by atoms with Crippen LogP contribution in [0.5, 0.6) is 0 Å². The fourth-order valence-electron chi connectivity index (χ4n) is 3.13. The van der Waals surface area contributed by atoms with Gasteiger partial charge in [-0.15, -0.1) is 0 Å². The molecule has 2 atom stereocenters. The number of amides is 1. The maximum atomic E-state index is 14.6. The lowest BCUT2D eigenvalue weighted by atomic mass is 10.1. The molecular weight excluding hydrogens is 448 g/mol. The third-order valence-electron chi connectivity index (χ3n) is 5.10. The lowest BCUT2D eigenvalue weighted by Crippen LogP contribution is -2.32. The molecule has 0 saturated heterocycles. The number of carbonyl (C=O) groups is 1. The Labute approximate surface area is 188 Å². The zero-order chi connectivity index (χ0) is 24.6. The van der Waals surface area contributed by atoms with Crippen LogP contribution < -0.4 is 16.4 Å². The second-order valence-corrected chi connectivity index (χ2v) is 7.69. The van der Waals surface area contributed by atoms with E-state index in [1.165, 1.54) is 24.3 Å². The molecule has 4 nitrogen and oxygen atoms in total. The summed E-state index contributed by atoms with van der Waals surface area (Å²) < 4.78 is 80.5. The molecule has 0 bridgehead atoms. The van der Waals surface area contributed by atoms with Crippen molar-refractivity contribution in [3.8, 4) is 0 Å². The van der Waals surface area contributed by atoms with E-state index < -0.39 is 41.5 Å². The Balaban J connectivity index is 1.96. The zero-order valence-corrected chi connectivity index (χ0v) is 18.1. The van der Waals surface area contributed by atoms with Gasteiger partial charge < -0.3 is 16.4 Å². The van der Waals surface area contributed by atoms with E-state index in [2.05, 4.69) is 10.6 Å². The van der Waals surface area contributed by atoms with Gasteiger partial charge in [-0.05, 0) is 36.2 Å².